The predicted octanol–water partition coefficient (Wildman–Crippen LogP) is 12.1. The number of alkyl halides is 1. The van der Waals surface area contributed by atoms with E-state index in [4.69, 9.17) is 29.1 Å². The SMILES string of the molecule is CC(C)(C)OC(=O)N(C(=O)c1ccccc1)c1cccc(CBr)n1.Cn1nnnc1C(=NO)c1ccccc1.Cn1nnnc1C(=NOCc1cccc(N(C(=O)OC(C)(C)C)C(=O)c2ccccc2)n1)c1ccccc1.Cn1nnnc1C(=NOCc1cccc(NC(=O)OC(C)(C)C)n1)c1ccccc1. The molecule has 0 aliphatic heterocycles. The first-order valence-electron chi connectivity index (χ1n) is 32.8. The molecule has 5 amide bonds. The molecule has 32 nitrogen and oxygen atoms in total. The Morgan fingerprint density at radius 1 is 0.421 bits per heavy atom. The first-order valence-corrected chi connectivity index (χ1v) is 34.0. The van der Waals surface area contributed by atoms with Gasteiger partial charge in [-0.15, -0.1) is 15.3 Å². The van der Waals surface area contributed by atoms with Gasteiger partial charge in [0.1, 0.15) is 34.3 Å². The monoisotopic (exact) mass is 1520 g/mol. The van der Waals surface area contributed by atoms with E-state index in [1.54, 1.807) is 199 Å². The molecule has 0 atom stereocenters. The van der Waals surface area contributed by atoms with E-state index in [-0.39, 0.29) is 24.8 Å². The topological polar surface area (TPSA) is 377 Å². The number of hydrogen-bond acceptors (Lipinski definition) is 26. The molecule has 0 aliphatic rings. The molecule has 0 saturated carbocycles. The minimum absolute atomic E-state index is 0.0445. The number of aromatic nitrogens is 15. The smallest absolute Gasteiger partial charge is 0.423 e. The number of rotatable bonds is 18. The highest BCUT2D eigenvalue weighted by Crippen LogP contribution is 2.24. The maximum atomic E-state index is 13.3. The van der Waals surface area contributed by atoms with Crippen molar-refractivity contribution in [2.45, 2.75) is 97.7 Å². The van der Waals surface area contributed by atoms with Crippen LogP contribution < -0.4 is 15.1 Å². The van der Waals surface area contributed by atoms with Crippen LogP contribution >= 0.6 is 15.9 Å². The lowest BCUT2D eigenvalue weighted by atomic mass is 10.1. The minimum Gasteiger partial charge on any atom is -0.444 e. The first kappa shape index (κ1) is 79.5. The fraction of sp³-hybridized carbons (Fsp3) is 0.243. The number of amides is 5. The van der Waals surface area contributed by atoms with E-state index in [0.717, 1.165) is 26.5 Å². The van der Waals surface area contributed by atoms with Crippen LogP contribution in [0.3, 0.4) is 0 Å². The van der Waals surface area contributed by atoms with Gasteiger partial charge in [0, 0.05) is 54.3 Å². The van der Waals surface area contributed by atoms with Crippen LogP contribution in [0, 0.1) is 0 Å². The highest BCUT2D eigenvalue weighted by atomic mass is 79.9. The number of nitrogens with one attached hydrogen (secondary N) is 1. The zero-order valence-corrected chi connectivity index (χ0v) is 62.2. The summed E-state index contributed by atoms with van der Waals surface area (Å²) in [6, 6.07) is 60.4. The van der Waals surface area contributed by atoms with Crippen molar-refractivity contribution in [2.24, 2.45) is 36.6 Å². The van der Waals surface area contributed by atoms with Gasteiger partial charge in [0.05, 0.1) is 17.1 Å². The van der Waals surface area contributed by atoms with E-state index in [0.29, 0.717) is 74.0 Å². The van der Waals surface area contributed by atoms with Crippen molar-refractivity contribution >= 4 is 80.6 Å². The number of carbonyl (C=O) groups excluding carboxylic acids is 5. The summed E-state index contributed by atoms with van der Waals surface area (Å²) >= 11 is 3.33. The Balaban J connectivity index is 0.000000188. The summed E-state index contributed by atoms with van der Waals surface area (Å²) in [6.45, 7) is 15.8. The average molecular weight is 1520 g/mol. The normalized spacial score (nSPS) is 11.5. The summed E-state index contributed by atoms with van der Waals surface area (Å²) in [6.07, 6.45) is -2.17. The van der Waals surface area contributed by atoms with Crippen LogP contribution in [0.4, 0.5) is 31.8 Å². The third kappa shape index (κ3) is 24.2. The van der Waals surface area contributed by atoms with Crippen LogP contribution in [-0.4, -0.2) is 145 Å². The van der Waals surface area contributed by atoms with Crippen molar-refractivity contribution in [3.05, 3.63) is 269 Å². The van der Waals surface area contributed by atoms with E-state index in [9.17, 15) is 24.0 Å². The van der Waals surface area contributed by atoms with Gasteiger partial charge in [-0.3, -0.25) is 14.9 Å². The second kappa shape index (κ2) is 37.8. The van der Waals surface area contributed by atoms with Gasteiger partial charge >= 0.3 is 18.3 Å². The van der Waals surface area contributed by atoms with Gasteiger partial charge in [0.2, 0.25) is 17.5 Å². The first-order chi connectivity index (χ1) is 51.2. The van der Waals surface area contributed by atoms with Gasteiger partial charge in [-0.05, 0) is 154 Å². The Bertz CT molecular complexity index is 4830. The maximum absolute atomic E-state index is 13.3. The molecule has 0 spiro atoms. The molecular weight excluding hydrogens is 1440 g/mol. The highest BCUT2D eigenvalue weighted by Gasteiger charge is 2.33. The molecule has 5 aromatic carbocycles. The zero-order chi connectivity index (χ0) is 77.1. The molecular formula is C74H78BrN21O11. The van der Waals surface area contributed by atoms with E-state index < -0.39 is 46.9 Å². The standard InChI is InChI=1S/C27H27N7O4.C20H23N7O3.C18H19BrN2O3.C9H9N5O/c1-27(2,3)38-26(36)34(25(35)20-14-9-6-10-15-20)22-17-11-16-21(28-22)18-37-30-23(19-12-7-5-8-13-19)24-29-31-32-33(24)4;1-20(2,3)30-19(28)22-16-12-8-11-15(21-16)13-29-24-17(14-9-6-5-7-10-14)18-23-25-26-27(18)4;1-18(2,3)24-17(23)21(15-11-7-10-14(12-19)20-15)16(22)13-8-5-4-6-9-13;1-14-9(10-12-13-14)8(11-15)7-5-3-2-4-6-7/h5-17H,18H2,1-4H3;5-12H,13H2,1-4H3,(H,21,22,28);4-11H,12H2,1-3H3;2-6,15H,1H3. The summed E-state index contributed by atoms with van der Waals surface area (Å²) in [5.74, 6) is 0.943. The van der Waals surface area contributed by atoms with Crippen molar-refractivity contribution in [3.8, 4) is 0 Å². The lowest BCUT2D eigenvalue weighted by Crippen LogP contribution is -2.41. The summed E-state index contributed by atoms with van der Waals surface area (Å²) in [4.78, 5) is 90.0. The molecule has 0 unspecified atom stereocenters. The molecule has 11 aromatic rings. The molecule has 33 heteroatoms. The van der Waals surface area contributed by atoms with Crippen LogP contribution in [0.5, 0.6) is 0 Å². The summed E-state index contributed by atoms with van der Waals surface area (Å²) < 4.78 is 20.6. The number of imide groups is 2. The average Bonchev–Trinajstić information content (AvgIpc) is 1.85. The molecule has 6 aromatic heterocycles. The second-order valence-corrected chi connectivity index (χ2v) is 26.1. The lowest BCUT2D eigenvalue weighted by Gasteiger charge is -2.25. The Kier molecular flexibility index (Phi) is 28.1. The largest absolute Gasteiger partial charge is 0.444 e. The number of carbonyl (C=O) groups is 5. The zero-order valence-electron chi connectivity index (χ0n) is 60.6. The third-order valence-corrected chi connectivity index (χ3v) is 14.3. The number of oxime groups is 3. The van der Waals surface area contributed by atoms with Crippen LogP contribution in [0.15, 0.2) is 222 Å². The number of pyridine rings is 3. The van der Waals surface area contributed by atoms with Gasteiger partial charge in [0.25, 0.3) is 11.8 Å². The van der Waals surface area contributed by atoms with E-state index >= 15 is 0 Å². The number of tetrazole rings is 3. The predicted molar refractivity (Wildman–Crippen MR) is 398 cm³/mol. The third-order valence-electron chi connectivity index (χ3n) is 13.7. The number of ether oxygens (including phenoxy) is 3. The Morgan fingerprint density at radius 3 is 1.09 bits per heavy atom. The minimum atomic E-state index is -0.837. The number of anilines is 3. The van der Waals surface area contributed by atoms with E-state index in [1.807, 2.05) is 91.0 Å². The van der Waals surface area contributed by atoms with Crippen LogP contribution in [0.25, 0.3) is 0 Å². The van der Waals surface area contributed by atoms with Gasteiger partial charge in [0.15, 0.2) is 30.3 Å². The van der Waals surface area contributed by atoms with Crippen molar-refractivity contribution in [2.75, 3.05) is 15.1 Å². The van der Waals surface area contributed by atoms with Gasteiger partial charge in [-0.1, -0.05) is 177 Å². The Morgan fingerprint density at radius 2 is 0.748 bits per heavy atom. The quantitative estimate of drug-likeness (QED) is 0.0265. The van der Waals surface area contributed by atoms with E-state index in [1.165, 1.54) is 14.0 Å². The molecule has 6 heterocycles. The highest BCUT2D eigenvalue weighted by molar-refractivity contribution is 9.08. The van der Waals surface area contributed by atoms with Gasteiger partial charge < -0.3 is 29.1 Å². The lowest BCUT2D eigenvalue weighted by molar-refractivity contribution is 0.0546. The number of aryl methyl sites for hydroxylation is 3. The fourth-order valence-corrected chi connectivity index (χ4v) is 9.36. The Hall–Kier alpha value is -13.2. The number of halogens is 1. The fourth-order valence-electron chi connectivity index (χ4n) is 9.05. The van der Waals surface area contributed by atoms with Crippen LogP contribution in [0.1, 0.15) is 134 Å². The maximum Gasteiger partial charge on any atom is 0.423 e. The van der Waals surface area contributed by atoms with Gasteiger partial charge in [-0.2, -0.15) is 9.80 Å². The molecule has 552 valence electrons. The van der Waals surface area contributed by atoms with Crippen LogP contribution in [0.2, 0.25) is 0 Å². The molecule has 0 saturated heterocycles. The van der Waals surface area contributed by atoms with Crippen molar-refractivity contribution < 1.29 is 53.1 Å². The van der Waals surface area contributed by atoms with E-state index in [2.05, 4.69) is 98.2 Å². The molecule has 107 heavy (non-hydrogen) atoms. The summed E-state index contributed by atoms with van der Waals surface area (Å²) in [7, 11) is 5.11. The molecule has 0 aliphatic carbocycles. The molecule has 11 rings (SSSR count). The molecule has 0 fully saturated rings. The van der Waals surface area contributed by atoms with Crippen LogP contribution in [-0.2, 0) is 63.6 Å². The van der Waals surface area contributed by atoms with Crippen molar-refractivity contribution in [1.29, 1.82) is 0 Å². The summed E-state index contributed by atoms with van der Waals surface area (Å²) in [5, 5.41) is 57.8. The Labute approximate surface area is 624 Å². The molecule has 0 radical (unpaired) electrons. The molecule has 2 N–H and O–H groups in total. The number of hydrogen-bond donors (Lipinski definition) is 2. The van der Waals surface area contributed by atoms with Gasteiger partial charge in [-0.25, -0.2) is 43.4 Å². The number of nitrogens with zero attached hydrogens (tertiary/aromatic N) is 20. The summed E-state index contributed by atoms with van der Waals surface area (Å²) in [5.41, 5.74) is 3.90. The van der Waals surface area contributed by atoms with Crippen molar-refractivity contribution in [3.63, 3.8) is 0 Å². The second-order valence-electron chi connectivity index (χ2n) is 25.6. The van der Waals surface area contributed by atoms with Crippen molar-refractivity contribution in [1.82, 2.24) is 75.6 Å². The molecule has 0 bridgehead atoms. The number of benzene rings is 5.